The number of carbonyl (C=O) groups excluding carboxylic acids is 2. The minimum absolute atomic E-state index is 0.275. The molecule has 0 aliphatic carbocycles. The Labute approximate surface area is 82.0 Å². The highest BCUT2D eigenvalue weighted by molar-refractivity contribution is 9.11. The predicted octanol–water partition coefficient (Wildman–Crippen LogP) is 0.362. The van der Waals surface area contributed by atoms with E-state index in [-0.39, 0.29) is 12.2 Å². The van der Waals surface area contributed by atoms with Gasteiger partial charge in [-0.3, -0.25) is 9.59 Å². The second-order valence-electron chi connectivity index (χ2n) is 3.36. The Morgan fingerprint density at radius 2 is 1.92 bits per heavy atom. The molecule has 2 fully saturated rings. The fraction of sp³-hybridized carbons (Fsp3) is 0.500. The molecule has 4 nitrogen and oxygen atoms in total. The van der Waals surface area contributed by atoms with Crippen molar-refractivity contribution in [3.8, 4) is 0 Å². The molecule has 0 saturated carbocycles. The summed E-state index contributed by atoms with van der Waals surface area (Å²) in [6.07, 6.45) is 1.25. The van der Waals surface area contributed by atoms with E-state index in [1.54, 1.807) is 0 Å². The van der Waals surface area contributed by atoms with E-state index in [4.69, 9.17) is 4.74 Å². The first-order valence-corrected chi connectivity index (χ1v) is 4.76. The lowest BCUT2D eigenvalue weighted by Gasteiger charge is -2.11. The van der Waals surface area contributed by atoms with E-state index in [2.05, 4.69) is 20.7 Å². The molecule has 0 N–H and O–H groups in total. The van der Waals surface area contributed by atoms with E-state index in [9.17, 15) is 9.59 Å². The molecule has 68 valence electrons. The molecule has 0 amide bonds. The topological polar surface area (TPSA) is 52.6 Å². The summed E-state index contributed by atoms with van der Waals surface area (Å²) in [6, 6.07) is 0. The maximum atomic E-state index is 11.2. The third-order valence-corrected chi connectivity index (χ3v) is 3.43. The van der Waals surface area contributed by atoms with Crippen molar-refractivity contribution < 1.29 is 19.1 Å². The highest BCUT2D eigenvalue weighted by Crippen LogP contribution is 2.48. The maximum Gasteiger partial charge on any atom is 0.320 e. The van der Waals surface area contributed by atoms with Gasteiger partial charge in [0.05, 0.1) is 6.10 Å². The zero-order valence-electron chi connectivity index (χ0n) is 6.40. The van der Waals surface area contributed by atoms with E-state index >= 15 is 0 Å². The Bertz CT molecular complexity index is 348. The monoisotopic (exact) mass is 244 g/mol. The number of esters is 2. The van der Waals surface area contributed by atoms with Crippen LogP contribution in [-0.2, 0) is 19.1 Å². The molecule has 3 heterocycles. The first-order chi connectivity index (χ1) is 6.18. The molecule has 3 aliphatic rings. The van der Waals surface area contributed by atoms with Gasteiger partial charge in [0.2, 0.25) is 0 Å². The molecular weight excluding hydrogens is 240 g/mol. The Morgan fingerprint density at radius 1 is 1.23 bits per heavy atom. The molecule has 5 heteroatoms. The van der Waals surface area contributed by atoms with Gasteiger partial charge in [0.15, 0.2) is 0 Å². The minimum Gasteiger partial charge on any atom is -0.393 e. The van der Waals surface area contributed by atoms with Crippen molar-refractivity contribution in [1.29, 1.82) is 0 Å². The van der Waals surface area contributed by atoms with E-state index < -0.39 is 23.8 Å². The van der Waals surface area contributed by atoms with Crippen molar-refractivity contribution in [2.45, 2.75) is 12.2 Å². The number of carbonyl (C=O) groups is 2. The molecule has 0 aromatic rings. The summed E-state index contributed by atoms with van der Waals surface area (Å²) < 4.78 is 10.8. The van der Waals surface area contributed by atoms with Crippen LogP contribution in [0.25, 0.3) is 0 Å². The van der Waals surface area contributed by atoms with Crippen LogP contribution in [0.1, 0.15) is 0 Å². The second kappa shape index (κ2) is 2.22. The van der Waals surface area contributed by atoms with Crippen LogP contribution < -0.4 is 0 Å². The number of ether oxygens (including phenoxy) is 2. The number of hydrogen-bond acceptors (Lipinski definition) is 4. The maximum absolute atomic E-state index is 11.2. The zero-order chi connectivity index (χ0) is 9.16. The number of hydrogen-bond donors (Lipinski definition) is 0. The summed E-state index contributed by atoms with van der Waals surface area (Å²) in [7, 11) is 0. The second-order valence-corrected chi connectivity index (χ2v) is 4.28. The summed E-state index contributed by atoms with van der Waals surface area (Å²) in [5.74, 6) is -1.72. The van der Waals surface area contributed by atoms with Gasteiger partial charge in [-0.15, -0.1) is 0 Å². The largest absolute Gasteiger partial charge is 0.393 e. The van der Waals surface area contributed by atoms with Crippen LogP contribution in [0.2, 0.25) is 0 Å². The first kappa shape index (κ1) is 7.70. The summed E-state index contributed by atoms with van der Waals surface area (Å²) in [5.41, 5.74) is 0. The molecule has 2 saturated heterocycles. The van der Waals surface area contributed by atoms with Gasteiger partial charge in [-0.2, -0.15) is 0 Å². The van der Waals surface area contributed by atoms with E-state index in [0.29, 0.717) is 0 Å². The third kappa shape index (κ3) is 0.788. The van der Waals surface area contributed by atoms with E-state index in [0.717, 1.165) is 4.48 Å². The van der Waals surface area contributed by atoms with E-state index in [1.807, 2.05) is 6.08 Å². The van der Waals surface area contributed by atoms with Crippen LogP contribution in [0, 0.1) is 11.8 Å². The summed E-state index contributed by atoms with van der Waals surface area (Å²) >= 11 is 3.30. The van der Waals surface area contributed by atoms with E-state index in [1.165, 1.54) is 0 Å². The predicted molar refractivity (Wildman–Crippen MR) is 43.8 cm³/mol. The van der Waals surface area contributed by atoms with Crippen LogP contribution in [-0.4, -0.2) is 24.1 Å². The smallest absolute Gasteiger partial charge is 0.320 e. The Kier molecular flexibility index (Phi) is 1.31. The molecule has 13 heavy (non-hydrogen) atoms. The quantitative estimate of drug-likeness (QED) is 0.456. The van der Waals surface area contributed by atoms with Crippen LogP contribution in [0.3, 0.4) is 0 Å². The third-order valence-electron chi connectivity index (χ3n) is 2.71. The van der Waals surface area contributed by atoms with Crippen LogP contribution in [0.15, 0.2) is 10.6 Å². The number of halogens is 1. The molecular formula is C8H5BrO4. The number of cyclic esters (lactones) is 2. The summed E-state index contributed by atoms with van der Waals surface area (Å²) in [5, 5.41) is 0. The van der Waals surface area contributed by atoms with Crippen molar-refractivity contribution in [2.24, 2.45) is 11.8 Å². The van der Waals surface area contributed by atoms with Crippen molar-refractivity contribution in [2.75, 3.05) is 0 Å². The molecule has 3 rings (SSSR count). The van der Waals surface area contributed by atoms with Crippen LogP contribution in [0.5, 0.6) is 0 Å². The molecule has 0 aromatic heterocycles. The molecule has 0 radical (unpaired) electrons. The summed E-state index contributed by atoms with van der Waals surface area (Å²) in [4.78, 5) is 22.4. The van der Waals surface area contributed by atoms with Crippen molar-refractivity contribution >= 4 is 27.9 Å². The van der Waals surface area contributed by atoms with Gasteiger partial charge >= 0.3 is 11.9 Å². The molecule has 0 unspecified atom stereocenters. The molecule has 3 aliphatic heterocycles. The van der Waals surface area contributed by atoms with Crippen molar-refractivity contribution in [1.82, 2.24) is 0 Å². The SMILES string of the molecule is O=C1OC(=O)[C@H]2[C@@H]1[C@@H]1C=C(Br)[C@H]2O1. The standard InChI is InChI=1S/C8H5BrO4/c9-2-1-3-4-5(6(2)12-3)8(11)13-7(4)10/h1,3-6H/t3-,4-,5-,6+/m0/s1. The van der Waals surface area contributed by atoms with Crippen LogP contribution in [0.4, 0.5) is 0 Å². The fourth-order valence-corrected chi connectivity index (χ4v) is 2.80. The minimum atomic E-state index is -0.451. The highest BCUT2D eigenvalue weighted by atomic mass is 79.9. The normalized spacial score (nSPS) is 46.4. The van der Waals surface area contributed by atoms with Gasteiger partial charge < -0.3 is 9.47 Å². The molecule has 4 atom stereocenters. The zero-order valence-corrected chi connectivity index (χ0v) is 7.98. The Morgan fingerprint density at radius 3 is 2.69 bits per heavy atom. The Hall–Kier alpha value is -0.680. The number of fused-ring (bicyclic) bond motifs is 5. The van der Waals surface area contributed by atoms with Crippen molar-refractivity contribution in [3.63, 3.8) is 0 Å². The lowest BCUT2D eigenvalue weighted by atomic mass is 9.85. The van der Waals surface area contributed by atoms with Crippen LogP contribution >= 0.6 is 15.9 Å². The van der Waals surface area contributed by atoms with Gasteiger partial charge in [0.25, 0.3) is 0 Å². The molecule has 2 bridgehead atoms. The summed E-state index contributed by atoms with van der Waals surface area (Å²) in [6.45, 7) is 0. The number of rotatable bonds is 0. The van der Waals surface area contributed by atoms with Gasteiger partial charge in [0.1, 0.15) is 17.9 Å². The Balaban J connectivity index is 2.08. The average molecular weight is 245 g/mol. The van der Waals surface area contributed by atoms with Gasteiger partial charge in [0, 0.05) is 4.48 Å². The average Bonchev–Trinajstić information content (AvgIpc) is 2.64. The fourth-order valence-electron chi connectivity index (χ4n) is 2.15. The van der Waals surface area contributed by atoms with Crippen molar-refractivity contribution in [3.05, 3.63) is 10.6 Å². The van der Waals surface area contributed by atoms with Gasteiger partial charge in [-0.1, -0.05) is 15.9 Å². The van der Waals surface area contributed by atoms with Gasteiger partial charge in [-0.25, -0.2) is 0 Å². The van der Waals surface area contributed by atoms with Gasteiger partial charge in [-0.05, 0) is 6.08 Å². The first-order valence-electron chi connectivity index (χ1n) is 3.96. The molecule has 0 aromatic carbocycles. The lowest BCUT2D eigenvalue weighted by molar-refractivity contribution is -0.156. The lowest BCUT2D eigenvalue weighted by Crippen LogP contribution is -2.27. The highest BCUT2D eigenvalue weighted by Gasteiger charge is 2.61. The molecule has 0 spiro atoms.